The van der Waals surface area contributed by atoms with E-state index in [4.69, 9.17) is 14.6 Å². The highest BCUT2D eigenvalue weighted by molar-refractivity contribution is 5.83. The average Bonchev–Trinajstić information content (AvgIpc) is 3.43. The van der Waals surface area contributed by atoms with E-state index >= 15 is 0 Å². The van der Waals surface area contributed by atoms with Crippen LogP contribution in [0.15, 0.2) is 6.20 Å². The van der Waals surface area contributed by atoms with Crippen LogP contribution in [0.4, 0.5) is 21.0 Å². The molecule has 1 aromatic rings. The standard InChI is InChI=1S/C18H25FN6O4.CH2O2/c19-12-9-20-17(22-16(12)23-4-1-2-5-23)24-6-3-14(26)13(10-24)21-15(27)11-25-7-8-29-18(25)28;2-1-3/h9,13-14,26H,1-8,10-11H2,(H,21,27);1H,(H,2,3)/t13-,14+;/m1./s1. The first-order chi connectivity index (χ1) is 15.4. The zero-order valence-corrected chi connectivity index (χ0v) is 17.5. The molecular formula is C19H27FN6O6. The number of carbonyl (C=O) groups is 3. The number of amides is 2. The molecule has 4 rings (SSSR count). The lowest BCUT2D eigenvalue weighted by Crippen LogP contribution is -2.57. The van der Waals surface area contributed by atoms with Crippen molar-refractivity contribution in [1.82, 2.24) is 20.2 Å². The van der Waals surface area contributed by atoms with Gasteiger partial charge in [0.1, 0.15) is 13.2 Å². The molecule has 176 valence electrons. The minimum Gasteiger partial charge on any atom is -0.483 e. The van der Waals surface area contributed by atoms with E-state index in [9.17, 15) is 19.1 Å². The average molecular weight is 454 g/mol. The number of carbonyl (C=O) groups excluding carboxylic acids is 2. The molecule has 0 bridgehead atoms. The van der Waals surface area contributed by atoms with Crippen LogP contribution in [0.1, 0.15) is 19.3 Å². The monoisotopic (exact) mass is 454 g/mol. The van der Waals surface area contributed by atoms with Gasteiger partial charge in [0.2, 0.25) is 11.9 Å². The molecule has 0 spiro atoms. The molecule has 12 nitrogen and oxygen atoms in total. The summed E-state index contributed by atoms with van der Waals surface area (Å²) >= 11 is 0. The second-order valence-corrected chi connectivity index (χ2v) is 7.65. The molecule has 3 saturated heterocycles. The number of nitrogens with one attached hydrogen (secondary N) is 1. The van der Waals surface area contributed by atoms with Crippen LogP contribution in [0.25, 0.3) is 0 Å². The number of aliphatic hydroxyl groups is 1. The fourth-order valence-electron chi connectivity index (χ4n) is 3.91. The number of anilines is 2. The van der Waals surface area contributed by atoms with Gasteiger partial charge in [-0.15, -0.1) is 0 Å². The first-order valence-corrected chi connectivity index (χ1v) is 10.4. The highest BCUT2D eigenvalue weighted by Crippen LogP contribution is 2.24. The maximum absolute atomic E-state index is 14.2. The second-order valence-electron chi connectivity index (χ2n) is 7.65. The quantitative estimate of drug-likeness (QED) is 0.494. The summed E-state index contributed by atoms with van der Waals surface area (Å²) in [6, 6.07) is -0.543. The molecule has 3 N–H and O–H groups in total. The van der Waals surface area contributed by atoms with Crippen molar-refractivity contribution < 1.29 is 33.7 Å². The molecule has 3 aliphatic rings. The summed E-state index contributed by atoms with van der Waals surface area (Å²) in [6.07, 6.45) is 2.37. The number of carboxylic acid groups (broad SMARTS) is 1. The second kappa shape index (κ2) is 10.9. The minimum absolute atomic E-state index is 0.117. The predicted octanol–water partition coefficient (Wildman–Crippen LogP) is -0.575. The number of hydrogen-bond acceptors (Lipinski definition) is 9. The van der Waals surface area contributed by atoms with Gasteiger partial charge in [-0.1, -0.05) is 0 Å². The zero-order chi connectivity index (χ0) is 23.1. The van der Waals surface area contributed by atoms with Gasteiger partial charge in [0.05, 0.1) is 24.9 Å². The summed E-state index contributed by atoms with van der Waals surface area (Å²) in [7, 11) is 0. The molecule has 0 aromatic carbocycles. The van der Waals surface area contributed by atoms with Crippen LogP contribution in [0.5, 0.6) is 0 Å². The smallest absolute Gasteiger partial charge is 0.410 e. The molecule has 0 aliphatic carbocycles. The molecule has 2 atom stereocenters. The molecule has 13 heteroatoms. The van der Waals surface area contributed by atoms with Crippen LogP contribution in [0.3, 0.4) is 0 Å². The summed E-state index contributed by atoms with van der Waals surface area (Å²) in [5.74, 6) is -0.142. The normalized spacial score (nSPS) is 22.8. The highest BCUT2D eigenvalue weighted by atomic mass is 19.1. The van der Waals surface area contributed by atoms with E-state index in [1.54, 1.807) is 0 Å². The first-order valence-electron chi connectivity index (χ1n) is 10.4. The molecular weight excluding hydrogens is 427 g/mol. The summed E-state index contributed by atoms with van der Waals surface area (Å²) < 4.78 is 19.0. The van der Waals surface area contributed by atoms with E-state index in [1.807, 2.05) is 9.80 Å². The molecule has 0 saturated carbocycles. The molecule has 1 aromatic heterocycles. The summed E-state index contributed by atoms with van der Waals surface area (Å²) in [4.78, 5) is 45.7. The third-order valence-electron chi connectivity index (χ3n) is 5.50. The summed E-state index contributed by atoms with van der Waals surface area (Å²) in [6.45, 7) is 2.60. The zero-order valence-electron chi connectivity index (χ0n) is 17.5. The molecule has 0 unspecified atom stereocenters. The van der Waals surface area contributed by atoms with Gasteiger partial charge in [-0.3, -0.25) is 14.5 Å². The molecule has 4 heterocycles. The third kappa shape index (κ3) is 5.72. The molecule has 3 aliphatic heterocycles. The Labute approximate surface area is 184 Å². The number of piperidine rings is 1. The number of nitrogens with zero attached hydrogens (tertiary/aromatic N) is 5. The van der Waals surface area contributed by atoms with E-state index < -0.39 is 24.1 Å². The summed E-state index contributed by atoms with van der Waals surface area (Å²) in [5, 5.41) is 20.0. The maximum Gasteiger partial charge on any atom is 0.410 e. The first kappa shape index (κ1) is 23.4. The maximum atomic E-state index is 14.2. The Bertz CT molecular complexity index is 823. The van der Waals surface area contributed by atoms with Crippen molar-refractivity contribution in [3.05, 3.63) is 12.0 Å². The van der Waals surface area contributed by atoms with Gasteiger partial charge in [0, 0.05) is 26.2 Å². The van der Waals surface area contributed by atoms with Crippen molar-refractivity contribution in [2.75, 3.05) is 55.7 Å². The number of halogens is 1. The van der Waals surface area contributed by atoms with Gasteiger partial charge in [-0.2, -0.15) is 4.98 Å². The van der Waals surface area contributed by atoms with Crippen molar-refractivity contribution in [1.29, 1.82) is 0 Å². The number of ether oxygens (including phenoxy) is 1. The Morgan fingerprint density at radius 1 is 1.28 bits per heavy atom. The van der Waals surface area contributed by atoms with Crippen LogP contribution in [0, 0.1) is 5.82 Å². The number of cyclic esters (lactones) is 1. The third-order valence-corrected chi connectivity index (χ3v) is 5.50. The van der Waals surface area contributed by atoms with Crippen LogP contribution >= 0.6 is 0 Å². The van der Waals surface area contributed by atoms with Crippen molar-refractivity contribution >= 4 is 30.2 Å². The van der Waals surface area contributed by atoms with Crippen LogP contribution < -0.4 is 15.1 Å². The predicted molar refractivity (Wildman–Crippen MR) is 110 cm³/mol. The van der Waals surface area contributed by atoms with Crippen molar-refractivity contribution in [3.63, 3.8) is 0 Å². The van der Waals surface area contributed by atoms with Crippen LogP contribution in [0.2, 0.25) is 0 Å². The lowest BCUT2D eigenvalue weighted by Gasteiger charge is -2.37. The van der Waals surface area contributed by atoms with Gasteiger partial charge >= 0.3 is 6.09 Å². The van der Waals surface area contributed by atoms with Gasteiger partial charge in [-0.25, -0.2) is 14.2 Å². The van der Waals surface area contributed by atoms with Gasteiger partial charge in [-0.05, 0) is 19.3 Å². The molecule has 0 radical (unpaired) electrons. The Balaban J connectivity index is 0.000000913. The van der Waals surface area contributed by atoms with E-state index in [0.717, 1.165) is 25.9 Å². The highest BCUT2D eigenvalue weighted by Gasteiger charge is 2.32. The largest absolute Gasteiger partial charge is 0.483 e. The van der Waals surface area contributed by atoms with E-state index in [1.165, 1.54) is 11.1 Å². The summed E-state index contributed by atoms with van der Waals surface area (Å²) in [5.41, 5.74) is 0. The number of aromatic nitrogens is 2. The Morgan fingerprint density at radius 2 is 2.00 bits per heavy atom. The Kier molecular flexibility index (Phi) is 7.98. The van der Waals surface area contributed by atoms with Crippen LogP contribution in [-0.4, -0.2) is 102 Å². The Morgan fingerprint density at radius 3 is 2.66 bits per heavy atom. The number of hydrogen-bond donors (Lipinski definition) is 3. The lowest BCUT2D eigenvalue weighted by atomic mass is 10.0. The van der Waals surface area contributed by atoms with Gasteiger partial charge in [0.15, 0.2) is 11.6 Å². The van der Waals surface area contributed by atoms with Gasteiger partial charge < -0.3 is 30.1 Å². The van der Waals surface area contributed by atoms with Crippen LogP contribution in [-0.2, 0) is 14.3 Å². The van der Waals surface area contributed by atoms with E-state index in [2.05, 4.69) is 15.3 Å². The fraction of sp³-hybridized carbons (Fsp3) is 0.632. The number of rotatable bonds is 5. The molecule has 3 fully saturated rings. The van der Waals surface area contributed by atoms with Crippen molar-refractivity contribution in [2.24, 2.45) is 0 Å². The minimum atomic E-state index is -0.723. The number of aliphatic hydroxyl groups excluding tert-OH is 1. The fourth-order valence-corrected chi connectivity index (χ4v) is 3.91. The Hall–Kier alpha value is -3.22. The lowest BCUT2D eigenvalue weighted by molar-refractivity contribution is -0.123. The van der Waals surface area contributed by atoms with Crippen molar-refractivity contribution in [2.45, 2.75) is 31.4 Å². The van der Waals surface area contributed by atoms with E-state index in [-0.39, 0.29) is 25.5 Å². The van der Waals surface area contributed by atoms with E-state index in [0.29, 0.717) is 37.8 Å². The molecule has 2 amide bonds. The van der Waals surface area contributed by atoms with Gasteiger partial charge in [0.25, 0.3) is 6.47 Å². The molecule has 32 heavy (non-hydrogen) atoms. The topological polar surface area (TPSA) is 148 Å². The van der Waals surface area contributed by atoms with Crippen molar-refractivity contribution in [3.8, 4) is 0 Å². The SMILES string of the molecule is O=C(CN1CCOC1=O)N[C@@H]1CN(c2ncc(F)c(N3CCCC3)n2)CC[C@@H]1O.O=CO.